The Labute approximate surface area is 194 Å². The Bertz CT molecular complexity index is 991. The predicted molar refractivity (Wildman–Crippen MR) is 124 cm³/mol. The van der Waals surface area contributed by atoms with Crippen LogP contribution in [0.5, 0.6) is 17.2 Å². The zero-order valence-electron chi connectivity index (χ0n) is 19.3. The molecule has 1 heterocycles. The van der Waals surface area contributed by atoms with Crippen molar-refractivity contribution >= 4 is 11.8 Å². The highest BCUT2D eigenvalue weighted by atomic mass is 16.7. The molecule has 2 aromatic rings. The molecule has 1 saturated carbocycles. The van der Waals surface area contributed by atoms with Gasteiger partial charge in [-0.15, -0.1) is 0 Å². The second-order valence-corrected chi connectivity index (χ2v) is 9.12. The molecule has 33 heavy (non-hydrogen) atoms. The number of fused-ring (bicyclic) bond motifs is 1. The number of nitrogens with zero attached hydrogens (tertiary/aromatic N) is 1. The lowest BCUT2D eigenvalue weighted by molar-refractivity contribution is -0.139. The Hall–Kier alpha value is -3.22. The van der Waals surface area contributed by atoms with Crippen LogP contribution in [0.3, 0.4) is 0 Å². The number of hydrogen-bond acceptors (Lipinski definition) is 5. The normalized spacial score (nSPS) is 21.5. The summed E-state index contributed by atoms with van der Waals surface area (Å²) in [6.07, 6.45) is 3.48. The molecule has 3 atom stereocenters. The van der Waals surface area contributed by atoms with Crippen LogP contribution in [-0.4, -0.2) is 36.2 Å². The summed E-state index contributed by atoms with van der Waals surface area (Å²) in [6.45, 7) is 5.19. The fourth-order valence-electron chi connectivity index (χ4n) is 4.75. The summed E-state index contributed by atoms with van der Waals surface area (Å²) < 4.78 is 16.8. The molecule has 1 fully saturated rings. The molecule has 0 aromatic heterocycles. The van der Waals surface area contributed by atoms with E-state index in [0.717, 1.165) is 35.5 Å². The number of carbonyl (C=O) groups is 2. The minimum Gasteiger partial charge on any atom is -0.484 e. The largest absolute Gasteiger partial charge is 0.484 e. The van der Waals surface area contributed by atoms with Gasteiger partial charge in [-0.05, 0) is 53.6 Å². The molecule has 4 rings (SSSR count). The first kappa shape index (κ1) is 23.0. The Morgan fingerprint density at radius 2 is 1.76 bits per heavy atom. The third-order valence-corrected chi connectivity index (χ3v) is 6.84. The van der Waals surface area contributed by atoms with Crippen molar-refractivity contribution < 1.29 is 23.8 Å². The van der Waals surface area contributed by atoms with Crippen molar-refractivity contribution in [1.29, 1.82) is 0 Å². The Morgan fingerprint density at radius 1 is 1.03 bits per heavy atom. The van der Waals surface area contributed by atoms with Gasteiger partial charge in [0.2, 0.25) is 12.7 Å². The average Bonchev–Trinajstić information content (AvgIpc) is 3.26. The van der Waals surface area contributed by atoms with E-state index in [1.54, 1.807) is 24.3 Å². The van der Waals surface area contributed by atoms with Crippen LogP contribution in [0.25, 0.3) is 0 Å². The highest BCUT2D eigenvalue weighted by molar-refractivity contribution is 5.78. The Morgan fingerprint density at radius 3 is 2.52 bits per heavy atom. The van der Waals surface area contributed by atoms with E-state index in [0.29, 0.717) is 24.1 Å². The lowest BCUT2D eigenvalue weighted by atomic mass is 9.77. The molecule has 1 aliphatic carbocycles. The highest BCUT2D eigenvalue weighted by Gasteiger charge is 2.34. The molecule has 2 aliphatic rings. The molecule has 3 unspecified atom stereocenters. The number of primary amides is 1. The molecule has 2 amide bonds. The van der Waals surface area contributed by atoms with Gasteiger partial charge in [0.1, 0.15) is 5.75 Å². The lowest BCUT2D eigenvalue weighted by Crippen LogP contribution is -2.48. The number of benzene rings is 2. The Balaban J connectivity index is 1.47. The molecule has 2 aromatic carbocycles. The van der Waals surface area contributed by atoms with Gasteiger partial charge in [0.05, 0.1) is 6.42 Å². The Kier molecular flexibility index (Phi) is 7.06. The molecule has 0 spiro atoms. The molecular weight excluding hydrogens is 420 g/mol. The topological polar surface area (TPSA) is 91.1 Å². The second-order valence-electron chi connectivity index (χ2n) is 9.12. The van der Waals surface area contributed by atoms with E-state index < -0.39 is 0 Å². The molecule has 2 N–H and O–H groups in total. The van der Waals surface area contributed by atoms with Gasteiger partial charge in [-0.1, -0.05) is 44.9 Å². The van der Waals surface area contributed by atoms with Crippen molar-refractivity contribution in [3.63, 3.8) is 0 Å². The molecule has 176 valence electrons. The lowest BCUT2D eigenvalue weighted by Gasteiger charge is -2.41. The van der Waals surface area contributed by atoms with Crippen molar-refractivity contribution in [2.75, 3.05) is 13.4 Å². The molecule has 7 nitrogen and oxygen atoms in total. The van der Waals surface area contributed by atoms with Gasteiger partial charge in [-0.25, -0.2) is 0 Å². The van der Waals surface area contributed by atoms with Crippen molar-refractivity contribution in [1.82, 2.24) is 4.90 Å². The van der Waals surface area contributed by atoms with Gasteiger partial charge >= 0.3 is 0 Å². The summed E-state index contributed by atoms with van der Waals surface area (Å²) in [6, 6.07) is 13.1. The van der Waals surface area contributed by atoms with E-state index in [1.807, 2.05) is 23.1 Å². The van der Waals surface area contributed by atoms with Gasteiger partial charge in [0, 0.05) is 12.6 Å². The number of ether oxygens (including phenoxy) is 3. The molecule has 0 radical (unpaired) electrons. The van der Waals surface area contributed by atoms with Crippen molar-refractivity contribution in [3.05, 3.63) is 53.6 Å². The van der Waals surface area contributed by atoms with Crippen LogP contribution in [0.4, 0.5) is 0 Å². The van der Waals surface area contributed by atoms with Gasteiger partial charge < -0.3 is 24.8 Å². The van der Waals surface area contributed by atoms with E-state index >= 15 is 0 Å². The fourth-order valence-corrected chi connectivity index (χ4v) is 4.75. The van der Waals surface area contributed by atoms with Crippen LogP contribution in [0.1, 0.15) is 44.2 Å². The third-order valence-electron chi connectivity index (χ3n) is 6.84. The van der Waals surface area contributed by atoms with E-state index in [1.165, 1.54) is 6.42 Å². The summed E-state index contributed by atoms with van der Waals surface area (Å²) in [7, 11) is 0. The van der Waals surface area contributed by atoms with E-state index in [2.05, 4.69) is 13.8 Å². The first-order chi connectivity index (χ1) is 15.9. The molecule has 0 bridgehead atoms. The van der Waals surface area contributed by atoms with Gasteiger partial charge in [0.25, 0.3) is 5.91 Å². The maximum atomic E-state index is 13.4. The number of hydrogen-bond donors (Lipinski definition) is 1. The predicted octanol–water partition coefficient (Wildman–Crippen LogP) is 3.68. The summed E-state index contributed by atoms with van der Waals surface area (Å²) in [5.41, 5.74) is 7.07. The van der Waals surface area contributed by atoms with Crippen LogP contribution in [-0.2, 0) is 22.6 Å². The zero-order chi connectivity index (χ0) is 23.4. The zero-order valence-corrected chi connectivity index (χ0v) is 19.3. The number of rotatable bonds is 8. The van der Waals surface area contributed by atoms with Gasteiger partial charge in [0.15, 0.2) is 18.1 Å². The fraction of sp³-hybridized carbons (Fsp3) is 0.462. The SMILES string of the molecule is CC1CCCC(N(Cc2ccc3c(c2)OCO3)C(=O)COc2ccc(CC(N)=O)cc2)C1C. The van der Waals surface area contributed by atoms with Crippen LogP contribution >= 0.6 is 0 Å². The van der Waals surface area contributed by atoms with Crippen molar-refractivity contribution in [3.8, 4) is 17.2 Å². The third kappa shape index (κ3) is 5.59. The van der Waals surface area contributed by atoms with Gasteiger partial charge in [-0.2, -0.15) is 0 Å². The van der Waals surface area contributed by atoms with Crippen LogP contribution in [0, 0.1) is 11.8 Å². The number of nitrogens with two attached hydrogens (primary N) is 1. The standard InChI is InChI=1S/C26H32N2O5/c1-17-4-3-5-22(18(17)2)28(14-20-8-11-23-24(12-20)33-16-32-23)26(30)15-31-21-9-6-19(7-10-21)13-25(27)29/h6-12,17-18,22H,3-5,13-16H2,1-2H3,(H2,27,29). The molecule has 7 heteroatoms. The maximum Gasteiger partial charge on any atom is 0.261 e. The van der Waals surface area contributed by atoms with E-state index in [4.69, 9.17) is 19.9 Å². The van der Waals surface area contributed by atoms with E-state index in [9.17, 15) is 9.59 Å². The van der Waals surface area contributed by atoms with Crippen LogP contribution < -0.4 is 19.9 Å². The summed E-state index contributed by atoms with van der Waals surface area (Å²) in [4.78, 5) is 26.5. The van der Waals surface area contributed by atoms with Crippen molar-refractivity contribution in [2.24, 2.45) is 17.6 Å². The highest BCUT2D eigenvalue weighted by Crippen LogP contribution is 2.36. The summed E-state index contributed by atoms with van der Waals surface area (Å²) in [5.74, 6) is 2.59. The average molecular weight is 453 g/mol. The van der Waals surface area contributed by atoms with Gasteiger partial charge in [-0.3, -0.25) is 9.59 Å². The minimum atomic E-state index is -0.381. The molecule has 0 saturated heterocycles. The van der Waals surface area contributed by atoms with Crippen LogP contribution in [0.15, 0.2) is 42.5 Å². The first-order valence-electron chi connectivity index (χ1n) is 11.6. The van der Waals surface area contributed by atoms with Crippen molar-refractivity contribution in [2.45, 2.75) is 52.1 Å². The molecular formula is C26H32N2O5. The monoisotopic (exact) mass is 452 g/mol. The summed E-state index contributed by atoms with van der Waals surface area (Å²) >= 11 is 0. The minimum absolute atomic E-state index is 0.0418. The second kappa shape index (κ2) is 10.1. The molecule has 1 aliphatic heterocycles. The van der Waals surface area contributed by atoms with Crippen LogP contribution in [0.2, 0.25) is 0 Å². The smallest absolute Gasteiger partial charge is 0.261 e. The number of amides is 2. The quantitative estimate of drug-likeness (QED) is 0.660. The summed E-state index contributed by atoms with van der Waals surface area (Å²) in [5, 5.41) is 0. The maximum absolute atomic E-state index is 13.4. The first-order valence-corrected chi connectivity index (χ1v) is 11.6. The van der Waals surface area contributed by atoms with E-state index in [-0.39, 0.29) is 37.7 Å². The number of carbonyl (C=O) groups excluding carboxylic acids is 2.